The van der Waals surface area contributed by atoms with E-state index in [1.165, 1.54) is 0 Å². The summed E-state index contributed by atoms with van der Waals surface area (Å²) < 4.78 is 32.0. The third kappa shape index (κ3) is 7.16. The number of hydrogen-bond acceptors (Lipinski definition) is 14. The normalized spacial score (nSPS) is 24.7. The van der Waals surface area contributed by atoms with Gasteiger partial charge < -0.3 is 34.2 Å². The van der Waals surface area contributed by atoms with Crippen molar-refractivity contribution >= 4 is 41.4 Å². The van der Waals surface area contributed by atoms with Crippen LogP contribution in [0.4, 0.5) is 5.95 Å². The van der Waals surface area contributed by atoms with Crippen LogP contribution in [0.15, 0.2) is 0 Å². The largest absolute Gasteiger partial charge is 0.463 e. The molecule has 0 radical (unpaired) electrons. The van der Waals surface area contributed by atoms with Crippen molar-refractivity contribution in [2.75, 3.05) is 12.3 Å². The Morgan fingerprint density at radius 1 is 0.875 bits per heavy atom. The number of hydrogen-bond donors (Lipinski definition) is 1. The highest BCUT2D eigenvalue weighted by atomic mass is 35.5. The third-order valence-corrected chi connectivity index (χ3v) is 3.94. The summed E-state index contributed by atoms with van der Waals surface area (Å²) in [6.07, 6.45) is -6.90. The van der Waals surface area contributed by atoms with Crippen molar-refractivity contribution in [2.45, 2.75) is 58.4 Å². The summed E-state index contributed by atoms with van der Waals surface area (Å²) in [4.78, 5) is 57.6. The van der Waals surface area contributed by atoms with Crippen LogP contribution in [0.1, 0.15) is 27.7 Å². The minimum Gasteiger partial charge on any atom is -0.463 e. The average molecular weight is 477 g/mol. The van der Waals surface area contributed by atoms with E-state index >= 15 is 0 Å². The van der Waals surface area contributed by atoms with Gasteiger partial charge in [-0.1, -0.05) is 0 Å². The Bertz CT molecular complexity index is 865. The predicted octanol–water partition coefficient (Wildman–Crippen LogP) is -0.431. The Morgan fingerprint density at radius 3 is 1.97 bits per heavy atom. The molecule has 1 saturated heterocycles. The molecule has 1 aliphatic heterocycles. The van der Waals surface area contributed by atoms with Crippen LogP contribution in [0, 0.1) is 0 Å². The SMILES string of the molecule is CC(=O)OC[C@H]1O[C@@H](Oc2nc(N)nc(Cl)n2)[C@H](OC(C)=O)[C@@H](OC(C)=O)[C@@H]1OC(C)=O. The number of nitrogens with two attached hydrogens (primary N) is 1. The molecule has 15 heteroatoms. The maximum absolute atomic E-state index is 11.8. The summed E-state index contributed by atoms with van der Waals surface area (Å²) in [5.74, 6) is -3.27. The van der Waals surface area contributed by atoms with Gasteiger partial charge in [0.05, 0.1) is 0 Å². The Morgan fingerprint density at radius 2 is 1.44 bits per heavy atom. The lowest BCUT2D eigenvalue weighted by Gasteiger charge is -2.43. The van der Waals surface area contributed by atoms with Gasteiger partial charge in [-0.25, -0.2) is 0 Å². The quantitative estimate of drug-likeness (QED) is 0.394. The molecule has 176 valence electrons. The first kappa shape index (κ1) is 25.0. The first-order valence-electron chi connectivity index (χ1n) is 9.10. The van der Waals surface area contributed by atoms with Crippen LogP contribution >= 0.6 is 11.6 Å². The van der Waals surface area contributed by atoms with Crippen LogP contribution in [-0.2, 0) is 42.9 Å². The molecule has 0 aromatic carbocycles. The van der Waals surface area contributed by atoms with Gasteiger partial charge in [0.2, 0.25) is 23.6 Å². The number of aromatic nitrogens is 3. The molecule has 1 aliphatic rings. The number of esters is 4. The summed E-state index contributed by atoms with van der Waals surface area (Å²) in [6, 6.07) is -0.400. The fourth-order valence-corrected chi connectivity index (χ4v) is 2.95. The zero-order valence-electron chi connectivity index (χ0n) is 17.5. The van der Waals surface area contributed by atoms with Crippen molar-refractivity contribution in [1.82, 2.24) is 15.0 Å². The minimum atomic E-state index is -1.52. The molecule has 0 aliphatic carbocycles. The van der Waals surface area contributed by atoms with Gasteiger partial charge in [0.15, 0.2) is 12.2 Å². The van der Waals surface area contributed by atoms with Crippen molar-refractivity contribution in [3.8, 4) is 6.01 Å². The van der Waals surface area contributed by atoms with Gasteiger partial charge in [-0.15, -0.1) is 0 Å². The highest BCUT2D eigenvalue weighted by Crippen LogP contribution is 2.30. The van der Waals surface area contributed by atoms with Crippen LogP contribution < -0.4 is 10.5 Å². The van der Waals surface area contributed by atoms with Crippen LogP contribution in [0.25, 0.3) is 0 Å². The fourth-order valence-electron chi connectivity index (χ4n) is 2.79. The molecule has 0 bridgehead atoms. The van der Waals surface area contributed by atoms with Gasteiger partial charge >= 0.3 is 29.9 Å². The van der Waals surface area contributed by atoms with E-state index in [1.807, 2.05) is 0 Å². The van der Waals surface area contributed by atoms with Gasteiger partial charge in [-0.3, -0.25) is 19.2 Å². The Labute approximate surface area is 186 Å². The van der Waals surface area contributed by atoms with E-state index in [0.29, 0.717) is 0 Å². The number of rotatable bonds is 7. The average Bonchev–Trinajstić information content (AvgIpc) is 2.63. The van der Waals surface area contributed by atoms with E-state index in [-0.39, 0.29) is 11.2 Å². The standard InChI is InChI=1S/C17H21ClN4O10/c1-6(23)27-5-10-11(28-7(2)24)12(29-8(3)25)13(30-9(4)26)14(31-10)32-17-21-15(18)20-16(19)22-17/h10-14H,5H2,1-4H3,(H2,19,20,21,22)/t10-,11-,12+,13-,14+/m1/s1. The highest BCUT2D eigenvalue weighted by molar-refractivity contribution is 6.28. The Kier molecular flexibility index (Phi) is 8.48. The summed E-state index contributed by atoms with van der Waals surface area (Å²) in [7, 11) is 0. The van der Waals surface area contributed by atoms with Crippen LogP contribution in [0.2, 0.25) is 5.28 Å². The molecule has 2 N–H and O–H groups in total. The molecule has 0 amide bonds. The maximum atomic E-state index is 11.8. The second-order valence-electron chi connectivity index (χ2n) is 6.43. The molecule has 2 rings (SSSR count). The number of nitrogen functional groups attached to an aromatic ring is 1. The van der Waals surface area contributed by atoms with E-state index in [2.05, 4.69) is 15.0 Å². The molecule has 0 spiro atoms. The molecule has 14 nitrogen and oxygen atoms in total. The van der Waals surface area contributed by atoms with Gasteiger partial charge in [-0.05, 0) is 11.6 Å². The predicted molar refractivity (Wildman–Crippen MR) is 102 cm³/mol. The lowest BCUT2D eigenvalue weighted by atomic mass is 9.98. The minimum absolute atomic E-state index is 0.273. The van der Waals surface area contributed by atoms with E-state index in [1.54, 1.807) is 0 Å². The molecule has 0 unspecified atom stereocenters. The van der Waals surface area contributed by atoms with E-state index in [9.17, 15) is 19.2 Å². The van der Waals surface area contributed by atoms with Crippen molar-refractivity contribution in [1.29, 1.82) is 0 Å². The lowest BCUT2D eigenvalue weighted by Crippen LogP contribution is -2.63. The van der Waals surface area contributed by atoms with Gasteiger partial charge in [-0.2, -0.15) is 15.0 Å². The number of nitrogens with zero attached hydrogens (tertiary/aromatic N) is 3. The third-order valence-electron chi connectivity index (χ3n) is 3.77. The number of halogens is 1. The van der Waals surface area contributed by atoms with Crippen LogP contribution in [-0.4, -0.2) is 76.1 Å². The van der Waals surface area contributed by atoms with Gasteiger partial charge in [0, 0.05) is 27.7 Å². The molecular weight excluding hydrogens is 456 g/mol. The molecule has 0 saturated carbocycles. The number of carbonyl (C=O) groups is 4. The molecule has 1 aromatic heterocycles. The Hall–Kier alpha value is -3.26. The van der Waals surface area contributed by atoms with E-state index in [0.717, 1.165) is 27.7 Å². The number of anilines is 1. The monoisotopic (exact) mass is 476 g/mol. The summed E-state index contributed by atoms with van der Waals surface area (Å²) in [5.41, 5.74) is 5.52. The highest BCUT2D eigenvalue weighted by Gasteiger charge is 2.53. The number of ether oxygens (including phenoxy) is 6. The smallest absolute Gasteiger partial charge is 0.325 e. The summed E-state index contributed by atoms with van der Waals surface area (Å²) >= 11 is 5.75. The van der Waals surface area contributed by atoms with Crippen molar-refractivity contribution < 1.29 is 47.6 Å². The van der Waals surface area contributed by atoms with Gasteiger partial charge in [0.25, 0.3) is 0 Å². The van der Waals surface area contributed by atoms with E-state index in [4.69, 9.17) is 45.8 Å². The Balaban J connectivity index is 2.47. The zero-order chi connectivity index (χ0) is 24.0. The first-order valence-corrected chi connectivity index (χ1v) is 9.48. The molecule has 1 aromatic rings. The first-order chi connectivity index (χ1) is 15.0. The summed E-state index contributed by atoms with van der Waals surface area (Å²) in [5, 5.41) is -0.293. The van der Waals surface area contributed by atoms with Gasteiger partial charge in [0.1, 0.15) is 12.7 Å². The van der Waals surface area contributed by atoms with Crippen molar-refractivity contribution in [2.24, 2.45) is 0 Å². The molecule has 5 atom stereocenters. The van der Waals surface area contributed by atoms with E-state index < -0.39 is 67.2 Å². The fraction of sp³-hybridized carbons (Fsp3) is 0.588. The second-order valence-corrected chi connectivity index (χ2v) is 6.77. The molecule has 1 fully saturated rings. The maximum Gasteiger partial charge on any atom is 0.325 e. The van der Waals surface area contributed by atoms with Crippen LogP contribution in [0.5, 0.6) is 6.01 Å². The zero-order valence-corrected chi connectivity index (χ0v) is 18.2. The van der Waals surface area contributed by atoms with Crippen molar-refractivity contribution in [3.05, 3.63) is 5.28 Å². The van der Waals surface area contributed by atoms with Crippen molar-refractivity contribution in [3.63, 3.8) is 0 Å². The molecule has 2 heterocycles. The summed E-state index contributed by atoms with van der Waals surface area (Å²) in [6.45, 7) is 4.02. The molecular formula is C17H21ClN4O10. The van der Waals surface area contributed by atoms with Crippen LogP contribution in [0.3, 0.4) is 0 Å². The lowest BCUT2D eigenvalue weighted by molar-refractivity contribution is -0.289. The number of carbonyl (C=O) groups excluding carboxylic acids is 4. The second kappa shape index (κ2) is 10.9. The topological polar surface area (TPSA) is 188 Å². The molecule has 32 heavy (non-hydrogen) atoms.